The molecule has 0 bridgehead atoms. The van der Waals surface area contributed by atoms with Gasteiger partial charge >= 0.3 is 0 Å². The van der Waals surface area contributed by atoms with E-state index in [0.717, 1.165) is 12.8 Å². The number of nitrogens with zero attached hydrogens (tertiary/aromatic N) is 2. The number of aromatic nitrogens is 2. The van der Waals surface area contributed by atoms with Gasteiger partial charge in [-0.3, -0.25) is 14.7 Å². The standard InChI is InChI=1S/C11H15N3O2/c1-14(9-2-4-10(15)5-3-9)11(16)8-6-12-13-7-8/h6-7,9H,2-5H2,1H3,(H,12,13). The number of hydrogen-bond acceptors (Lipinski definition) is 3. The summed E-state index contributed by atoms with van der Waals surface area (Å²) in [4.78, 5) is 24.8. The van der Waals surface area contributed by atoms with Crippen LogP contribution in [-0.4, -0.2) is 39.9 Å². The van der Waals surface area contributed by atoms with Crippen LogP contribution in [0.15, 0.2) is 12.4 Å². The average Bonchev–Trinajstić information content (AvgIpc) is 2.81. The monoisotopic (exact) mass is 221 g/mol. The topological polar surface area (TPSA) is 66.1 Å². The molecule has 0 spiro atoms. The van der Waals surface area contributed by atoms with Gasteiger partial charge in [0.15, 0.2) is 0 Å². The Hall–Kier alpha value is -1.65. The van der Waals surface area contributed by atoms with Gasteiger partial charge in [0.05, 0.1) is 11.8 Å². The first-order chi connectivity index (χ1) is 7.68. The molecule has 86 valence electrons. The maximum atomic E-state index is 12.0. The van der Waals surface area contributed by atoms with E-state index >= 15 is 0 Å². The molecule has 1 aromatic heterocycles. The molecule has 1 saturated carbocycles. The van der Waals surface area contributed by atoms with Crippen molar-refractivity contribution in [2.24, 2.45) is 0 Å². The Morgan fingerprint density at radius 2 is 2.19 bits per heavy atom. The van der Waals surface area contributed by atoms with E-state index in [9.17, 15) is 9.59 Å². The van der Waals surface area contributed by atoms with Crippen LogP contribution in [0, 0.1) is 0 Å². The molecule has 5 heteroatoms. The van der Waals surface area contributed by atoms with Crippen molar-refractivity contribution in [3.63, 3.8) is 0 Å². The van der Waals surface area contributed by atoms with Crippen molar-refractivity contribution >= 4 is 11.7 Å². The van der Waals surface area contributed by atoms with Gasteiger partial charge in [-0.15, -0.1) is 0 Å². The number of nitrogens with one attached hydrogen (secondary N) is 1. The Morgan fingerprint density at radius 3 is 2.75 bits per heavy atom. The molecule has 0 unspecified atom stereocenters. The van der Waals surface area contributed by atoms with E-state index in [4.69, 9.17) is 0 Å². The molecule has 0 atom stereocenters. The molecule has 2 rings (SSSR count). The van der Waals surface area contributed by atoms with Crippen molar-refractivity contribution in [1.29, 1.82) is 0 Å². The molecule has 1 heterocycles. The Bertz CT molecular complexity index is 376. The van der Waals surface area contributed by atoms with E-state index in [1.54, 1.807) is 18.1 Å². The Kier molecular flexibility index (Phi) is 3.03. The molecule has 0 aromatic carbocycles. The maximum Gasteiger partial charge on any atom is 0.257 e. The fourth-order valence-electron chi connectivity index (χ4n) is 2.05. The van der Waals surface area contributed by atoms with Crippen LogP contribution >= 0.6 is 0 Å². The third-order valence-electron chi connectivity index (χ3n) is 3.13. The van der Waals surface area contributed by atoms with Gasteiger partial charge in [-0.25, -0.2) is 0 Å². The van der Waals surface area contributed by atoms with Crippen molar-refractivity contribution < 1.29 is 9.59 Å². The summed E-state index contributed by atoms with van der Waals surface area (Å²) >= 11 is 0. The van der Waals surface area contributed by atoms with Crippen molar-refractivity contribution in [1.82, 2.24) is 15.1 Å². The number of amides is 1. The lowest BCUT2D eigenvalue weighted by Crippen LogP contribution is -2.39. The second-order valence-corrected chi connectivity index (χ2v) is 4.17. The summed E-state index contributed by atoms with van der Waals surface area (Å²) in [7, 11) is 1.79. The first-order valence-corrected chi connectivity index (χ1v) is 5.46. The number of ketones is 1. The normalized spacial score (nSPS) is 17.4. The zero-order valence-corrected chi connectivity index (χ0v) is 9.27. The Balaban J connectivity index is 1.99. The molecular weight excluding hydrogens is 206 g/mol. The number of Topliss-reactive ketones (excluding diaryl/α,β-unsaturated/α-hetero) is 1. The highest BCUT2D eigenvalue weighted by Crippen LogP contribution is 2.20. The molecule has 1 N–H and O–H groups in total. The van der Waals surface area contributed by atoms with E-state index in [1.807, 2.05) is 0 Å². The van der Waals surface area contributed by atoms with E-state index in [0.29, 0.717) is 24.2 Å². The predicted molar refractivity (Wildman–Crippen MR) is 57.9 cm³/mol. The van der Waals surface area contributed by atoms with Gasteiger partial charge in [-0.1, -0.05) is 0 Å². The maximum absolute atomic E-state index is 12.0. The first kappa shape index (κ1) is 10.9. The smallest absolute Gasteiger partial charge is 0.257 e. The minimum absolute atomic E-state index is 0.0342. The average molecular weight is 221 g/mol. The summed E-state index contributed by atoms with van der Waals surface area (Å²) in [5.41, 5.74) is 0.569. The van der Waals surface area contributed by atoms with Gasteiger partial charge in [-0.05, 0) is 12.8 Å². The lowest BCUT2D eigenvalue weighted by molar-refractivity contribution is -0.121. The Labute approximate surface area is 93.8 Å². The number of carbonyl (C=O) groups excluding carboxylic acids is 2. The quantitative estimate of drug-likeness (QED) is 0.810. The lowest BCUT2D eigenvalue weighted by atomic mass is 9.93. The second kappa shape index (κ2) is 4.47. The number of aromatic amines is 1. The molecule has 1 amide bonds. The molecular formula is C11H15N3O2. The van der Waals surface area contributed by atoms with Gasteiger partial charge in [0, 0.05) is 32.1 Å². The predicted octanol–water partition coefficient (Wildman–Crippen LogP) is 0.993. The summed E-state index contributed by atoms with van der Waals surface area (Å²) in [6, 6.07) is 0.181. The minimum Gasteiger partial charge on any atom is -0.339 e. The van der Waals surface area contributed by atoms with Gasteiger partial charge in [0.25, 0.3) is 5.91 Å². The zero-order valence-electron chi connectivity index (χ0n) is 9.27. The molecule has 1 fully saturated rings. The summed E-state index contributed by atoms with van der Waals surface area (Å²) in [6.45, 7) is 0. The third-order valence-corrected chi connectivity index (χ3v) is 3.13. The van der Waals surface area contributed by atoms with Crippen molar-refractivity contribution in [3.8, 4) is 0 Å². The molecule has 5 nitrogen and oxygen atoms in total. The van der Waals surface area contributed by atoms with Crippen LogP contribution in [0.2, 0.25) is 0 Å². The lowest BCUT2D eigenvalue weighted by Gasteiger charge is -2.30. The molecule has 0 saturated heterocycles. The van der Waals surface area contributed by atoms with Crippen LogP contribution in [0.25, 0.3) is 0 Å². The fraction of sp³-hybridized carbons (Fsp3) is 0.545. The molecule has 0 radical (unpaired) electrons. The van der Waals surface area contributed by atoms with E-state index in [1.165, 1.54) is 6.20 Å². The van der Waals surface area contributed by atoms with E-state index in [-0.39, 0.29) is 11.9 Å². The Morgan fingerprint density at radius 1 is 1.50 bits per heavy atom. The van der Waals surface area contributed by atoms with Crippen LogP contribution in [0.1, 0.15) is 36.0 Å². The highest BCUT2D eigenvalue weighted by molar-refractivity contribution is 5.93. The molecule has 1 aliphatic carbocycles. The number of rotatable bonds is 2. The van der Waals surface area contributed by atoms with Crippen molar-refractivity contribution in [2.75, 3.05) is 7.05 Å². The van der Waals surface area contributed by atoms with Crippen LogP contribution < -0.4 is 0 Å². The highest BCUT2D eigenvalue weighted by atomic mass is 16.2. The summed E-state index contributed by atoms with van der Waals surface area (Å²) in [5.74, 6) is 0.272. The van der Waals surface area contributed by atoms with Crippen LogP contribution in [0.5, 0.6) is 0 Å². The van der Waals surface area contributed by atoms with Crippen molar-refractivity contribution in [3.05, 3.63) is 18.0 Å². The molecule has 1 aliphatic rings. The summed E-state index contributed by atoms with van der Waals surface area (Å²) in [6.07, 6.45) is 5.85. The summed E-state index contributed by atoms with van der Waals surface area (Å²) < 4.78 is 0. The van der Waals surface area contributed by atoms with Crippen LogP contribution in [-0.2, 0) is 4.79 Å². The van der Waals surface area contributed by atoms with Crippen molar-refractivity contribution in [2.45, 2.75) is 31.7 Å². The molecule has 16 heavy (non-hydrogen) atoms. The number of hydrogen-bond donors (Lipinski definition) is 1. The number of H-pyrrole nitrogens is 1. The van der Waals surface area contributed by atoms with Crippen LogP contribution in [0.3, 0.4) is 0 Å². The van der Waals surface area contributed by atoms with Crippen LogP contribution in [0.4, 0.5) is 0 Å². The van der Waals surface area contributed by atoms with E-state index < -0.39 is 0 Å². The highest BCUT2D eigenvalue weighted by Gasteiger charge is 2.26. The number of carbonyl (C=O) groups is 2. The van der Waals surface area contributed by atoms with Gasteiger partial charge in [0.1, 0.15) is 5.78 Å². The fourth-order valence-corrected chi connectivity index (χ4v) is 2.05. The van der Waals surface area contributed by atoms with E-state index in [2.05, 4.69) is 10.2 Å². The van der Waals surface area contributed by atoms with Gasteiger partial charge < -0.3 is 4.90 Å². The molecule has 1 aromatic rings. The SMILES string of the molecule is CN(C(=O)c1cn[nH]c1)C1CCC(=O)CC1. The van der Waals surface area contributed by atoms with Gasteiger partial charge in [0.2, 0.25) is 0 Å². The first-order valence-electron chi connectivity index (χ1n) is 5.46. The van der Waals surface area contributed by atoms with Gasteiger partial charge in [-0.2, -0.15) is 5.10 Å². The largest absolute Gasteiger partial charge is 0.339 e. The zero-order chi connectivity index (χ0) is 11.5. The third kappa shape index (κ3) is 2.13. The second-order valence-electron chi connectivity index (χ2n) is 4.17. The molecule has 0 aliphatic heterocycles. The minimum atomic E-state index is -0.0342. The summed E-state index contributed by atoms with van der Waals surface area (Å²) in [5, 5.41) is 6.38.